The first-order chi connectivity index (χ1) is 10.5. The third-order valence-electron chi connectivity index (χ3n) is 4.79. The van der Waals surface area contributed by atoms with E-state index in [0.717, 1.165) is 26.2 Å². The van der Waals surface area contributed by atoms with E-state index in [1.54, 1.807) is 0 Å². The smallest absolute Gasteiger partial charge is 0.0455 e. The summed E-state index contributed by atoms with van der Waals surface area (Å²) in [7, 11) is 2.19. The molecule has 1 saturated carbocycles. The number of nitrogens with one attached hydrogen (secondary N) is 1. The van der Waals surface area contributed by atoms with Crippen molar-refractivity contribution in [1.82, 2.24) is 15.1 Å². The SMILES string of the molecule is CC.CCN(C)CC(C)CNCCN(CN)CC1(CC)CC1. The van der Waals surface area contributed by atoms with Crippen molar-refractivity contribution in [2.75, 3.05) is 53.0 Å². The van der Waals surface area contributed by atoms with Gasteiger partial charge >= 0.3 is 0 Å². The van der Waals surface area contributed by atoms with Crippen molar-refractivity contribution < 1.29 is 0 Å². The van der Waals surface area contributed by atoms with Gasteiger partial charge in [-0.1, -0.05) is 34.6 Å². The highest BCUT2D eigenvalue weighted by atomic mass is 15.2. The predicted octanol–water partition coefficient (Wildman–Crippen LogP) is 2.60. The molecule has 0 amide bonds. The maximum Gasteiger partial charge on any atom is 0.0455 e. The van der Waals surface area contributed by atoms with Crippen LogP contribution in [0, 0.1) is 11.3 Å². The molecule has 22 heavy (non-hydrogen) atoms. The Labute approximate surface area is 139 Å². The lowest BCUT2D eigenvalue weighted by Crippen LogP contribution is -2.41. The van der Waals surface area contributed by atoms with Crippen LogP contribution in [-0.4, -0.2) is 62.8 Å². The number of nitrogens with zero attached hydrogens (tertiary/aromatic N) is 2. The maximum absolute atomic E-state index is 5.88. The average molecular weight is 315 g/mol. The summed E-state index contributed by atoms with van der Waals surface area (Å²) in [5.41, 5.74) is 6.49. The van der Waals surface area contributed by atoms with Crippen molar-refractivity contribution in [3.8, 4) is 0 Å². The van der Waals surface area contributed by atoms with Crippen LogP contribution in [0.2, 0.25) is 0 Å². The Morgan fingerprint density at radius 3 is 2.32 bits per heavy atom. The number of hydrogen-bond acceptors (Lipinski definition) is 4. The van der Waals surface area contributed by atoms with Crippen LogP contribution >= 0.6 is 0 Å². The summed E-state index contributed by atoms with van der Waals surface area (Å²) in [4.78, 5) is 4.78. The molecular formula is C18H42N4. The molecule has 1 atom stereocenters. The minimum atomic E-state index is 0.608. The molecule has 1 rings (SSSR count). The molecule has 4 nitrogen and oxygen atoms in total. The van der Waals surface area contributed by atoms with Crippen LogP contribution in [0.5, 0.6) is 0 Å². The molecule has 134 valence electrons. The zero-order valence-electron chi connectivity index (χ0n) is 16.1. The standard InChI is InChI=1S/C16H36N4.C2H6/c1-5-16(7-8-16)13-20(14-17)10-9-18-11-15(3)12-19(4)6-2;1-2/h15,18H,5-14,17H2,1-4H3;1-2H3. The van der Waals surface area contributed by atoms with Gasteiger partial charge in [-0.05, 0) is 50.7 Å². The Hall–Kier alpha value is -0.160. The molecule has 1 aliphatic rings. The van der Waals surface area contributed by atoms with E-state index in [0.29, 0.717) is 18.0 Å². The summed E-state index contributed by atoms with van der Waals surface area (Å²) in [6.45, 7) is 18.2. The van der Waals surface area contributed by atoms with Crippen molar-refractivity contribution in [3.05, 3.63) is 0 Å². The van der Waals surface area contributed by atoms with Gasteiger partial charge in [-0.25, -0.2) is 0 Å². The topological polar surface area (TPSA) is 44.5 Å². The summed E-state index contributed by atoms with van der Waals surface area (Å²) in [5.74, 6) is 0.705. The molecule has 1 unspecified atom stereocenters. The van der Waals surface area contributed by atoms with Gasteiger partial charge in [-0.3, -0.25) is 4.90 Å². The third kappa shape index (κ3) is 9.09. The molecule has 1 fully saturated rings. The zero-order valence-corrected chi connectivity index (χ0v) is 16.1. The number of rotatable bonds is 12. The van der Waals surface area contributed by atoms with E-state index < -0.39 is 0 Å². The molecular weight excluding hydrogens is 272 g/mol. The molecule has 0 saturated heterocycles. The van der Waals surface area contributed by atoms with Crippen LogP contribution in [-0.2, 0) is 0 Å². The largest absolute Gasteiger partial charge is 0.318 e. The van der Waals surface area contributed by atoms with Gasteiger partial charge in [-0.2, -0.15) is 0 Å². The quantitative estimate of drug-likeness (QED) is 0.429. The fourth-order valence-electron chi connectivity index (χ4n) is 2.82. The summed E-state index contributed by atoms with van der Waals surface area (Å²) in [6, 6.07) is 0. The van der Waals surface area contributed by atoms with E-state index in [4.69, 9.17) is 5.73 Å². The molecule has 0 spiro atoms. The van der Waals surface area contributed by atoms with Gasteiger partial charge in [-0.15, -0.1) is 0 Å². The predicted molar refractivity (Wildman–Crippen MR) is 99.1 cm³/mol. The number of hydrogen-bond donors (Lipinski definition) is 2. The summed E-state index contributed by atoms with van der Waals surface area (Å²) in [6.07, 6.45) is 4.10. The molecule has 0 aromatic carbocycles. The van der Waals surface area contributed by atoms with Crippen LogP contribution in [0.3, 0.4) is 0 Å². The van der Waals surface area contributed by atoms with E-state index in [-0.39, 0.29) is 0 Å². The second kappa shape index (κ2) is 12.3. The molecule has 1 aliphatic carbocycles. The van der Waals surface area contributed by atoms with Crippen LogP contribution in [0.15, 0.2) is 0 Å². The van der Waals surface area contributed by atoms with Crippen LogP contribution in [0.1, 0.15) is 53.9 Å². The van der Waals surface area contributed by atoms with Crippen molar-refractivity contribution in [2.24, 2.45) is 17.1 Å². The molecule has 0 bridgehead atoms. The second-order valence-corrected chi connectivity index (χ2v) is 6.75. The third-order valence-corrected chi connectivity index (χ3v) is 4.79. The first-order valence-electron chi connectivity index (χ1n) is 9.37. The van der Waals surface area contributed by atoms with Gasteiger partial charge < -0.3 is 16.0 Å². The van der Waals surface area contributed by atoms with Crippen LogP contribution < -0.4 is 11.1 Å². The van der Waals surface area contributed by atoms with E-state index in [2.05, 4.69) is 42.9 Å². The lowest BCUT2D eigenvalue weighted by atomic mass is 10.0. The monoisotopic (exact) mass is 314 g/mol. The molecule has 0 aromatic rings. The van der Waals surface area contributed by atoms with Crippen molar-refractivity contribution in [3.63, 3.8) is 0 Å². The zero-order chi connectivity index (χ0) is 17.0. The highest BCUT2D eigenvalue weighted by molar-refractivity contribution is 4.94. The highest BCUT2D eigenvalue weighted by Crippen LogP contribution is 2.48. The Balaban J connectivity index is 0.00000211. The minimum absolute atomic E-state index is 0.608. The van der Waals surface area contributed by atoms with Crippen molar-refractivity contribution in [2.45, 2.75) is 53.9 Å². The van der Waals surface area contributed by atoms with Gasteiger partial charge in [0.1, 0.15) is 0 Å². The van der Waals surface area contributed by atoms with Crippen LogP contribution in [0.25, 0.3) is 0 Å². The highest BCUT2D eigenvalue weighted by Gasteiger charge is 2.41. The normalized spacial score (nSPS) is 17.3. The summed E-state index contributed by atoms with van der Waals surface area (Å²) in [5, 5.41) is 3.58. The first-order valence-corrected chi connectivity index (χ1v) is 9.37. The fourth-order valence-corrected chi connectivity index (χ4v) is 2.82. The molecule has 4 heteroatoms. The Morgan fingerprint density at radius 1 is 1.23 bits per heavy atom. The Bertz CT molecular complexity index is 253. The Kier molecular flexibility index (Phi) is 12.2. The fraction of sp³-hybridized carbons (Fsp3) is 1.00. The molecule has 0 aliphatic heterocycles. The van der Waals surface area contributed by atoms with Gasteiger partial charge in [0.2, 0.25) is 0 Å². The summed E-state index contributed by atoms with van der Waals surface area (Å²) < 4.78 is 0. The summed E-state index contributed by atoms with van der Waals surface area (Å²) >= 11 is 0. The van der Waals surface area contributed by atoms with Crippen LogP contribution in [0.4, 0.5) is 0 Å². The lowest BCUT2D eigenvalue weighted by Gasteiger charge is -2.26. The van der Waals surface area contributed by atoms with Gasteiger partial charge in [0.15, 0.2) is 0 Å². The van der Waals surface area contributed by atoms with Gasteiger partial charge in [0.05, 0.1) is 0 Å². The first kappa shape index (κ1) is 21.8. The van der Waals surface area contributed by atoms with Gasteiger partial charge in [0.25, 0.3) is 0 Å². The maximum atomic E-state index is 5.88. The molecule has 0 aromatic heterocycles. The Morgan fingerprint density at radius 2 is 1.86 bits per heavy atom. The van der Waals surface area contributed by atoms with Crippen molar-refractivity contribution >= 4 is 0 Å². The molecule has 0 radical (unpaired) electrons. The molecule has 3 N–H and O–H groups in total. The molecule has 0 heterocycles. The lowest BCUT2D eigenvalue weighted by molar-refractivity contribution is 0.218. The average Bonchev–Trinajstić information content (AvgIpc) is 3.32. The number of nitrogens with two attached hydrogens (primary N) is 1. The van der Waals surface area contributed by atoms with E-state index in [1.165, 1.54) is 32.4 Å². The van der Waals surface area contributed by atoms with E-state index >= 15 is 0 Å². The van der Waals surface area contributed by atoms with E-state index in [1.807, 2.05) is 13.8 Å². The van der Waals surface area contributed by atoms with Gasteiger partial charge in [0, 0.05) is 32.8 Å². The minimum Gasteiger partial charge on any atom is -0.318 e. The van der Waals surface area contributed by atoms with E-state index in [9.17, 15) is 0 Å². The second-order valence-electron chi connectivity index (χ2n) is 6.75. The van der Waals surface area contributed by atoms with Crippen molar-refractivity contribution in [1.29, 1.82) is 0 Å².